The van der Waals surface area contributed by atoms with E-state index in [1.165, 1.54) is 0 Å². The fourth-order valence-electron chi connectivity index (χ4n) is 1.40. The highest BCUT2D eigenvalue weighted by Gasteiger charge is 2.22. The summed E-state index contributed by atoms with van der Waals surface area (Å²) in [5.74, 6) is 0.0648. The summed E-state index contributed by atoms with van der Waals surface area (Å²) in [5, 5.41) is 0. The van der Waals surface area contributed by atoms with Gasteiger partial charge in [0.1, 0.15) is 0 Å². The van der Waals surface area contributed by atoms with Crippen molar-refractivity contribution >= 4 is 5.91 Å². The van der Waals surface area contributed by atoms with E-state index in [0.29, 0.717) is 6.04 Å². The highest BCUT2D eigenvalue weighted by Crippen LogP contribution is 2.06. The molecule has 2 N–H and O–H groups in total. The van der Waals surface area contributed by atoms with Gasteiger partial charge in [-0.15, -0.1) is 0 Å². The van der Waals surface area contributed by atoms with Gasteiger partial charge in [0.15, 0.2) is 0 Å². The Morgan fingerprint density at radius 3 is 2.75 bits per heavy atom. The Morgan fingerprint density at radius 1 is 1.58 bits per heavy atom. The Hall–Kier alpha value is -0.610. The highest BCUT2D eigenvalue weighted by atomic mass is 16.2. The number of rotatable bonds is 1. The lowest BCUT2D eigenvalue weighted by Crippen LogP contribution is -2.53. The molecule has 0 radical (unpaired) electrons. The van der Waals surface area contributed by atoms with Gasteiger partial charge in [0.2, 0.25) is 5.91 Å². The van der Waals surface area contributed by atoms with Crippen molar-refractivity contribution < 1.29 is 4.79 Å². The SMILES string of the molecule is C[C@@H]1CN(C(=O)CN)CCN1C. The summed E-state index contributed by atoms with van der Waals surface area (Å²) < 4.78 is 0. The molecule has 0 spiro atoms. The van der Waals surface area contributed by atoms with Gasteiger partial charge in [-0.3, -0.25) is 4.79 Å². The van der Waals surface area contributed by atoms with Crippen molar-refractivity contribution in [3.8, 4) is 0 Å². The van der Waals surface area contributed by atoms with E-state index in [9.17, 15) is 4.79 Å². The largest absolute Gasteiger partial charge is 0.339 e. The van der Waals surface area contributed by atoms with E-state index >= 15 is 0 Å². The normalized spacial score (nSPS) is 25.9. The van der Waals surface area contributed by atoms with Crippen LogP contribution < -0.4 is 5.73 Å². The van der Waals surface area contributed by atoms with Crippen LogP contribution in [0.5, 0.6) is 0 Å². The van der Waals surface area contributed by atoms with E-state index in [0.717, 1.165) is 19.6 Å². The number of piperazine rings is 1. The molecule has 1 rings (SSSR count). The third-order valence-corrected chi connectivity index (χ3v) is 2.49. The van der Waals surface area contributed by atoms with Crippen LogP contribution in [-0.2, 0) is 4.79 Å². The topological polar surface area (TPSA) is 49.6 Å². The maximum absolute atomic E-state index is 11.2. The average Bonchev–Trinajstić information content (AvgIpc) is 2.08. The lowest BCUT2D eigenvalue weighted by atomic mass is 10.2. The van der Waals surface area contributed by atoms with Gasteiger partial charge in [-0.1, -0.05) is 0 Å². The molecule has 1 heterocycles. The fraction of sp³-hybridized carbons (Fsp3) is 0.875. The van der Waals surface area contributed by atoms with Gasteiger partial charge < -0.3 is 15.5 Å². The first-order chi connectivity index (χ1) is 5.65. The quantitative estimate of drug-likeness (QED) is 0.556. The molecule has 0 aromatic carbocycles. The van der Waals surface area contributed by atoms with Crippen LogP contribution in [0, 0.1) is 0 Å². The minimum absolute atomic E-state index is 0.0648. The van der Waals surface area contributed by atoms with Gasteiger partial charge >= 0.3 is 0 Å². The molecule has 4 nitrogen and oxygen atoms in total. The maximum atomic E-state index is 11.2. The molecule has 0 saturated carbocycles. The van der Waals surface area contributed by atoms with E-state index in [-0.39, 0.29) is 12.5 Å². The van der Waals surface area contributed by atoms with Gasteiger partial charge in [-0.05, 0) is 14.0 Å². The van der Waals surface area contributed by atoms with Crippen molar-refractivity contribution in [3.05, 3.63) is 0 Å². The molecule has 1 aliphatic rings. The molecule has 0 aliphatic carbocycles. The number of nitrogens with zero attached hydrogens (tertiary/aromatic N) is 2. The van der Waals surface area contributed by atoms with Crippen LogP contribution in [0.25, 0.3) is 0 Å². The molecule has 70 valence electrons. The summed E-state index contributed by atoms with van der Waals surface area (Å²) in [4.78, 5) is 15.3. The number of amides is 1. The van der Waals surface area contributed by atoms with Crippen LogP contribution >= 0.6 is 0 Å². The second-order valence-electron chi connectivity index (χ2n) is 3.37. The van der Waals surface area contributed by atoms with Crippen molar-refractivity contribution in [1.82, 2.24) is 9.80 Å². The Kier molecular flexibility index (Phi) is 3.05. The van der Waals surface area contributed by atoms with Crippen LogP contribution in [0.2, 0.25) is 0 Å². The van der Waals surface area contributed by atoms with Gasteiger partial charge in [-0.2, -0.15) is 0 Å². The van der Waals surface area contributed by atoms with Crippen LogP contribution in [0.15, 0.2) is 0 Å². The smallest absolute Gasteiger partial charge is 0.236 e. The first kappa shape index (κ1) is 9.48. The van der Waals surface area contributed by atoms with Crippen LogP contribution in [0.3, 0.4) is 0 Å². The van der Waals surface area contributed by atoms with E-state index in [1.54, 1.807) is 0 Å². The average molecular weight is 171 g/mol. The minimum Gasteiger partial charge on any atom is -0.339 e. The minimum atomic E-state index is 0.0648. The summed E-state index contributed by atoms with van der Waals surface area (Å²) >= 11 is 0. The Morgan fingerprint density at radius 2 is 2.25 bits per heavy atom. The van der Waals surface area contributed by atoms with Crippen molar-refractivity contribution in [1.29, 1.82) is 0 Å². The van der Waals surface area contributed by atoms with E-state index in [4.69, 9.17) is 5.73 Å². The zero-order chi connectivity index (χ0) is 9.14. The predicted octanol–water partition coefficient (Wildman–Crippen LogP) is -0.892. The molecule has 1 atom stereocenters. The van der Waals surface area contributed by atoms with Crippen LogP contribution in [0.4, 0.5) is 0 Å². The first-order valence-corrected chi connectivity index (χ1v) is 4.33. The van der Waals surface area contributed by atoms with Gasteiger partial charge in [0.05, 0.1) is 6.54 Å². The third kappa shape index (κ3) is 1.95. The summed E-state index contributed by atoms with van der Waals surface area (Å²) in [6.07, 6.45) is 0. The van der Waals surface area contributed by atoms with Crippen LogP contribution in [0.1, 0.15) is 6.92 Å². The summed E-state index contributed by atoms with van der Waals surface area (Å²) in [7, 11) is 2.08. The lowest BCUT2D eigenvalue weighted by molar-refractivity contribution is -0.132. The first-order valence-electron chi connectivity index (χ1n) is 4.33. The molecular formula is C8H17N3O. The number of nitrogens with two attached hydrogens (primary N) is 1. The molecule has 1 saturated heterocycles. The summed E-state index contributed by atoms with van der Waals surface area (Å²) in [6, 6.07) is 0.453. The highest BCUT2D eigenvalue weighted by molar-refractivity contribution is 5.78. The molecule has 12 heavy (non-hydrogen) atoms. The van der Waals surface area contributed by atoms with Gasteiger partial charge in [0, 0.05) is 25.7 Å². The number of hydrogen-bond donors (Lipinski definition) is 1. The molecule has 0 unspecified atom stereocenters. The monoisotopic (exact) mass is 171 g/mol. The zero-order valence-electron chi connectivity index (χ0n) is 7.79. The standard InChI is InChI=1S/C8H17N3O/c1-7-6-11(8(12)5-9)4-3-10(7)2/h7H,3-6,9H2,1-2H3/t7-/m1/s1. The Balaban J connectivity index is 2.45. The third-order valence-electron chi connectivity index (χ3n) is 2.49. The van der Waals surface area contributed by atoms with Gasteiger partial charge in [-0.25, -0.2) is 0 Å². The second kappa shape index (κ2) is 3.87. The zero-order valence-corrected chi connectivity index (χ0v) is 7.79. The predicted molar refractivity (Wildman–Crippen MR) is 47.7 cm³/mol. The van der Waals surface area contributed by atoms with Crippen molar-refractivity contribution in [2.75, 3.05) is 33.2 Å². The summed E-state index contributed by atoms with van der Waals surface area (Å²) in [6.45, 7) is 4.84. The Bertz CT molecular complexity index is 172. The maximum Gasteiger partial charge on any atom is 0.236 e. The number of hydrogen-bond acceptors (Lipinski definition) is 3. The number of likely N-dealkylation sites (N-methyl/N-ethyl adjacent to an activating group) is 1. The van der Waals surface area contributed by atoms with Crippen molar-refractivity contribution in [2.45, 2.75) is 13.0 Å². The molecule has 0 aromatic rings. The number of carbonyl (C=O) groups is 1. The fourth-order valence-corrected chi connectivity index (χ4v) is 1.40. The molecule has 0 aromatic heterocycles. The molecule has 1 fully saturated rings. The van der Waals surface area contributed by atoms with E-state index in [1.807, 2.05) is 4.90 Å². The molecule has 0 bridgehead atoms. The number of carbonyl (C=O) groups excluding carboxylic acids is 1. The Labute approximate surface area is 73.3 Å². The molecule has 1 amide bonds. The second-order valence-corrected chi connectivity index (χ2v) is 3.37. The lowest BCUT2D eigenvalue weighted by Gasteiger charge is -2.37. The van der Waals surface area contributed by atoms with Crippen molar-refractivity contribution in [2.24, 2.45) is 5.73 Å². The van der Waals surface area contributed by atoms with Crippen LogP contribution in [-0.4, -0.2) is 55.0 Å². The molecular weight excluding hydrogens is 154 g/mol. The van der Waals surface area contributed by atoms with E-state index in [2.05, 4.69) is 18.9 Å². The van der Waals surface area contributed by atoms with Gasteiger partial charge in [0.25, 0.3) is 0 Å². The molecule has 4 heteroatoms. The molecule has 1 aliphatic heterocycles. The van der Waals surface area contributed by atoms with Crippen molar-refractivity contribution in [3.63, 3.8) is 0 Å². The summed E-state index contributed by atoms with van der Waals surface area (Å²) in [5.41, 5.74) is 5.28. The van der Waals surface area contributed by atoms with E-state index < -0.39 is 0 Å².